The number of fused-ring (bicyclic) bond motifs is 1. The number of amides is 1. The second kappa shape index (κ2) is 7.25. The first kappa shape index (κ1) is 17.9. The van der Waals surface area contributed by atoms with Gasteiger partial charge in [0, 0.05) is 31.6 Å². The van der Waals surface area contributed by atoms with Crippen LogP contribution in [0.15, 0.2) is 24.3 Å². The van der Waals surface area contributed by atoms with E-state index >= 15 is 0 Å². The van der Waals surface area contributed by atoms with Crippen molar-refractivity contribution < 1.29 is 13.9 Å². The van der Waals surface area contributed by atoms with Gasteiger partial charge in [-0.15, -0.1) is 0 Å². The monoisotopic (exact) mass is 380 g/mol. The Morgan fingerprint density at radius 2 is 2.04 bits per heavy atom. The van der Waals surface area contributed by atoms with E-state index in [-0.39, 0.29) is 23.4 Å². The molecule has 1 aliphatic heterocycles. The van der Waals surface area contributed by atoms with Gasteiger partial charge in [0.25, 0.3) is 5.91 Å². The van der Waals surface area contributed by atoms with Crippen molar-refractivity contribution in [2.45, 2.75) is 0 Å². The molecule has 2 aromatic heterocycles. The third-order valence-corrected chi connectivity index (χ3v) is 4.41. The zero-order valence-electron chi connectivity index (χ0n) is 15.1. The summed E-state index contributed by atoms with van der Waals surface area (Å²) >= 11 is 0. The molecular weight excluding hydrogens is 363 g/mol. The Morgan fingerprint density at radius 1 is 1.25 bits per heavy atom. The summed E-state index contributed by atoms with van der Waals surface area (Å²) in [6.45, 7) is 2.02. The maximum absolute atomic E-state index is 13.6. The second-order valence-electron chi connectivity index (χ2n) is 6.26. The van der Waals surface area contributed by atoms with Crippen molar-refractivity contribution in [1.82, 2.24) is 24.4 Å². The van der Waals surface area contributed by atoms with Crippen molar-refractivity contribution >= 4 is 22.9 Å². The number of nitrogens with zero attached hydrogens (tertiary/aromatic N) is 5. The van der Waals surface area contributed by atoms with Crippen molar-refractivity contribution in [2.24, 2.45) is 7.05 Å². The van der Waals surface area contributed by atoms with Gasteiger partial charge in [-0.3, -0.25) is 4.79 Å². The van der Waals surface area contributed by atoms with Gasteiger partial charge in [0.15, 0.2) is 17.0 Å². The van der Waals surface area contributed by atoms with Gasteiger partial charge in [0.05, 0.1) is 13.2 Å². The normalized spacial score (nSPS) is 14.0. The fraction of sp³-hybridized carbons (Fsp3) is 0.263. The van der Waals surface area contributed by atoms with Crippen molar-refractivity contribution in [3.8, 4) is 23.2 Å². The molecule has 0 unspecified atom stereocenters. The highest BCUT2D eigenvalue weighted by Gasteiger charge is 2.17. The minimum absolute atomic E-state index is 0.125. The molecule has 0 aliphatic carbocycles. The number of rotatable bonds is 1. The number of hydrogen-bond donors (Lipinski definition) is 1. The number of halogens is 1. The van der Waals surface area contributed by atoms with Crippen molar-refractivity contribution in [3.05, 3.63) is 35.9 Å². The second-order valence-corrected chi connectivity index (χ2v) is 6.26. The molecule has 0 bridgehead atoms. The van der Waals surface area contributed by atoms with Gasteiger partial charge < -0.3 is 19.9 Å². The molecule has 2 N–H and O–H groups in total. The summed E-state index contributed by atoms with van der Waals surface area (Å²) < 4.78 is 20.5. The molecule has 0 spiro atoms. The fourth-order valence-electron chi connectivity index (χ4n) is 2.98. The first-order valence-electron chi connectivity index (χ1n) is 8.67. The Kier molecular flexibility index (Phi) is 4.63. The van der Waals surface area contributed by atoms with E-state index in [9.17, 15) is 9.18 Å². The van der Waals surface area contributed by atoms with Gasteiger partial charge in [0.1, 0.15) is 11.6 Å². The number of nitrogen functional groups attached to an aromatic ring is 1. The zero-order chi connectivity index (χ0) is 19.7. The Morgan fingerprint density at radius 3 is 2.79 bits per heavy atom. The number of carbonyl (C=O) groups is 1. The van der Waals surface area contributed by atoms with Gasteiger partial charge in [-0.2, -0.15) is 0 Å². The summed E-state index contributed by atoms with van der Waals surface area (Å²) in [4.78, 5) is 26.7. The predicted molar refractivity (Wildman–Crippen MR) is 100 cm³/mol. The Hall–Kier alpha value is -3.51. The average Bonchev–Trinajstić information content (AvgIpc) is 3.04. The highest BCUT2D eigenvalue weighted by Crippen LogP contribution is 2.25. The van der Waals surface area contributed by atoms with E-state index in [0.29, 0.717) is 48.9 Å². The van der Waals surface area contributed by atoms with Gasteiger partial charge in [0.2, 0.25) is 5.82 Å². The topological polar surface area (TPSA) is 99.2 Å². The number of benzene rings is 1. The SMILES string of the molecule is Cn1c(-c2cccc(F)c2)nc2c(N)nc(C#CC(=O)N3CCOCC3)nc21. The molecule has 142 valence electrons. The fourth-order valence-corrected chi connectivity index (χ4v) is 2.98. The van der Waals surface area contributed by atoms with Gasteiger partial charge in [-0.1, -0.05) is 12.1 Å². The standard InChI is InChI=1S/C19H17FN6O2/c1-25-18(12-3-2-4-13(20)11-12)24-16-17(21)22-14(23-19(16)25)5-6-15(27)26-7-9-28-10-8-26/h2-4,11H,7-10H2,1H3,(H2,21,22,23). The van der Waals surface area contributed by atoms with Crippen LogP contribution in [0.2, 0.25) is 0 Å². The van der Waals surface area contributed by atoms with Crippen molar-refractivity contribution in [2.75, 3.05) is 32.0 Å². The van der Waals surface area contributed by atoms with Crippen LogP contribution >= 0.6 is 0 Å². The smallest absolute Gasteiger partial charge is 0.299 e. The number of anilines is 1. The van der Waals surface area contributed by atoms with Crippen LogP contribution in [0.1, 0.15) is 5.82 Å². The average molecular weight is 380 g/mol. The number of hydrogen-bond acceptors (Lipinski definition) is 6. The van der Waals surface area contributed by atoms with E-state index in [1.54, 1.807) is 28.6 Å². The van der Waals surface area contributed by atoms with E-state index in [4.69, 9.17) is 10.5 Å². The lowest BCUT2D eigenvalue weighted by Crippen LogP contribution is -2.40. The third kappa shape index (κ3) is 3.37. The quantitative estimate of drug-likeness (QED) is 0.632. The summed E-state index contributed by atoms with van der Waals surface area (Å²) in [5.74, 6) is 5.32. The highest BCUT2D eigenvalue weighted by atomic mass is 19.1. The van der Waals surface area contributed by atoms with Crippen LogP contribution in [-0.2, 0) is 16.6 Å². The maximum Gasteiger partial charge on any atom is 0.299 e. The van der Waals surface area contributed by atoms with Gasteiger partial charge >= 0.3 is 0 Å². The van der Waals surface area contributed by atoms with E-state index in [2.05, 4.69) is 26.8 Å². The predicted octanol–water partition coefficient (Wildman–Crippen LogP) is 0.962. The van der Waals surface area contributed by atoms with E-state index < -0.39 is 0 Å². The molecule has 0 atom stereocenters. The molecular formula is C19H17FN6O2. The molecule has 1 saturated heterocycles. The number of ether oxygens (including phenoxy) is 1. The number of aryl methyl sites for hydroxylation is 1. The third-order valence-electron chi connectivity index (χ3n) is 4.41. The van der Waals surface area contributed by atoms with Crippen LogP contribution in [0.5, 0.6) is 0 Å². The number of carbonyl (C=O) groups excluding carboxylic acids is 1. The zero-order valence-corrected chi connectivity index (χ0v) is 15.1. The van der Waals surface area contributed by atoms with E-state index in [0.717, 1.165) is 0 Å². The summed E-state index contributed by atoms with van der Waals surface area (Å²) in [7, 11) is 1.75. The summed E-state index contributed by atoms with van der Waals surface area (Å²) in [5, 5.41) is 0. The van der Waals surface area contributed by atoms with E-state index in [1.807, 2.05) is 0 Å². The first-order valence-corrected chi connectivity index (χ1v) is 8.67. The van der Waals surface area contributed by atoms with E-state index in [1.165, 1.54) is 12.1 Å². The van der Waals surface area contributed by atoms with Crippen LogP contribution < -0.4 is 5.73 Å². The molecule has 8 nitrogen and oxygen atoms in total. The molecule has 9 heteroatoms. The number of imidazole rings is 1. The molecule has 0 radical (unpaired) electrons. The number of morpholine rings is 1. The van der Waals surface area contributed by atoms with Crippen molar-refractivity contribution in [3.63, 3.8) is 0 Å². The van der Waals surface area contributed by atoms with Gasteiger partial charge in [-0.05, 0) is 18.1 Å². The molecule has 3 aromatic rings. The summed E-state index contributed by atoms with van der Waals surface area (Å²) in [6.07, 6.45) is 0. The minimum atomic E-state index is -0.364. The first-order chi connectivity index (χ1) is 13.5. The van der Waals surface area contributed by atoms with Crippen molar-refractivity contribution in [1.29, 1.82) is 0 Å². The lowest BCUT2D eigenvalue weighted by Gasteiger charge is -2.24. The highest BCUT2D eigenvalue weighted by molar-refractivity contribution is 5.94. The summed E-state index contributed by atoms with van der Waals surface area (Å²) in [6, 6.07) is 6.09. The molecule has 1 aromatic carbocycles. The minimum Gasteiger partial charge on any atom is -0.382 e. The maximum atomic E-state index is 13.6. The van der Waals surface area contributed by atoms with Crippen LogP contribution in [0.3, 0.4) is 0 Å². The molecule has 1 amide bonds. The Bertz CT molecular complexity index is 1120. The summed E-state index contributed by atoms with van der Waals surface area (Å²) in [5.41, 5.74) is 7.46. The van der Waals surface area contributed by atoms with Crippen LogP contribution in [0.25, 0.3) is 22.6 Å². The van der Waals surface area contributed by atoms with Gasteiger partial charge in [-0.25, -0.2) is 19.3 Å². The lowest BCUT2D eigenvalue weighted by atomic mass is 10.2. The molecule has 0 saturated carbocycles. The molecule has 1 fully saturated rings. The molecule has 3 heterocycles. The Labute approximate surface area is 160 Å². The Balaban J connectivity index is 1.70. The largest absolute Gasteiger partial charge is 0.382 e. The van der Waals surface area contributed by atoms with Crippen LogP contribution in [0, 0.1) is 17.7 Å². The molecule has 28 heavy (non-hydrogen) atoms. The molecule has 1 aliphatic rings. The number of nitrogens with two attached hydrogens (primary N) is 1. The van der Waals surface area contributed by atoms with Crippen LogP contribution in [-0.4, -0.2) is 56.6 Å². The molecule has 4 rings (SSSR count). The van der Waals surface area contributed by atoms with Crippen LogP contribution in [0.4, 0.5) is 10.2 Å². The lowest BCUT2D eigenvalue weighted by molar-refractivity contribution is -0.129. The number of aromatic nitrogens is 4.